The zero-order valence-corrected chi connectivity index (χ0v) is 12.4. The number of halogens is 2. The molecule has 0 N–H and O–H groups in total. The highest BCUT2D eigenvalue weighted by atomic mass is 79.9. The maximum atomic E-state index is 11.4. The summed E-state index contributed by atoms with van der Waals surface area (Å²) in [5.41, 5.74) is 0.172. The predicted octanol–water partition coefficient (Wildman–Crippen LogP) is 2.40. The third-order valence-electron chi connectivity index (χ3n) is 1.83. The van der Waals surface area contributed by atoms with E-state index in [4.69, 9.17) is 0 Å². The van der Waals surface area contributed by atoms with Crippen LogP contribution in [0.1, 0.15) is 10.4 Å². The van der Waals surface area contributed by atoms with Crippen molar-refractivity contribution in [2.75, 3.05) is 13.4 Å². The number of methoxy groups -OCH3 is 1. The van der Waals surface area contributed by atoms with Crippen LogP contribution in [0.3, 0.4) is 0 Å². The number of carbonyl (C=O) groups excluding carboxylic acids is 1. The lowest BCUT2D eigenvalue weighted by atomic mass is 10.2. The van der Waals surface area contributed by atoms with Crippen molar-refractivity contribution in [2.24, 2.45) is 0 Å². The largest absolute Gasteiger partial charge is 0.465 e. The van der Waals surface area contributed by atoms with E-state index in [1.807, 2.05) is 0 Å². The van der Waals surface area contributed by atoms with Gasteiger partial charge in [-0.2, -0.15) is 0 Å². The lowest BCUT2D eigenvalue weighted by Gasteiger charge is -2.07. The summed E-state index contributed by atoms with van der Waals surface area (Å²) in [5, 5.41) is 0. The quantitative estimate of drug-likeness (QED) is 0.749. The molecule has 1 rings (SSSR count). The SMILES string of the molecule is COC(=O)c1cc(S(C)(=O)=O)c(Br)cc1Br. The number of benzene rings is 1. The van der Waals surface area contributed by atoms with Crippen LogP contribution in [0.2, 0.25) is 0 Å². The second-order valence-electron chi connectivity index (χ2n) is 3.03. The van der Waals surface area contributed by atoms with E-state index in [1.54, 1.807) is 0 Å². The Morgan fingerprint density at radius 2 is 1.81 bits per heavy atom. The number of carbonyl (C=O) groups is 1. The predicted molar refractivity (Wildman–Crippen MR) is 66.3 cm³/mol. The van der Waals surface area contributed by atoms with Crippen LogP contribution in [-0.4, -0.2) is 27.8 Å². The van der Waals surface area contributed by atoms with Crippen molar-refractivity contribution in [2.45, 2.75) is 4.90 Å². The van der Waals surface area contributed by atoms with E-state index in [1.165, 1.54) is 19.2 Å². The average molecular weight is 372 g/mol. The number of rotatable bonds is 2. The van der Waals surface area contributed by atoms with Crippen LogP contribution in [0.15, 0.2) is 26.0 Å². The van der Waals surface area contributed by atoms with Crippen molar-refractivity contribution in [1.29, 1.82) is 0 Å². The van der Waals surface area contributed by atoms with Crippen molar-refractivity contribution in [3.63, 3.8) is 0 Å². The minimum Gasteiger partial charge on any atom is -0.465 e. The first kappa shape index (κ1) is 13.7. The van der Waals surface area contributed by atoms with Crippen molar-refractivity contribution < 1.29 is 17.9 Å². The van der Waals surface area contributed by atoms with E-state index < -0.39 is 15.8 Å². The molecular formula is C9H8Br2O4S. The highest BCUT2D eigenvalue weighted by Gasteiger charge is 2.18. The van der Waals surface area contributed by atoms with Gasteiger partial charge in [0.25, 0.3) is 0 Å². The van der Waals surface area contributed by atoms with Crippen LogP contribution in [0.5, 0.6) is 0 Å². The van der Waals surface area contributed by atoms with E-state index in [0.29, 0.717) is 8.95 Å². The lowest BCUT2D eigenvalue weighted by Crippen LogP contribution is -2.06. The summed E-state index contributed by atoms with van der Waals surface area (Å²) >= 11 is 6.29. The Morgan fingerprint density at radius 3 is 2.25 bits per heavy atom. The van der Waals surface area contributed by atoms with E-state index in [2.05, 4.69) is 36.6 Å². The molecule has 1 aromatic carbocycles. The van der Waals surface area contributed by atoms with Gasteiger partial charge >= 0.3 is 5.97 Å². The third kappa shape index (κ3) is 2.83. The highest BCUT2D eigenvalue weighted by molar-refractivity contribution is 9.11. The summed E-state index contributed by atoms with van der Waals surface area (Å²) in [4.78, 5) is 11.4. The molecule has 0 unspecified atom stereocenters. The standard InChI is InChI=1S/C9H8Br2O4S/c1-15-9(12)5-3-8(16(2,13)14)7(11)4-6(5)10/h3-4H,1-2H3. The molecule has 0 aromatic heterocycles. The van der Waals surface area contributed by atoms with Gasteiger partial charge in [-0.25, -0.2) is 13.2 Å². The van der Waals surface area contributed by atoms with Gasteiger partial charge in [-0.3, -0.25) is 0 Å². The summed E-state index contributed by atoms with van der Waals surface area (Å²) in [5.74, 6) is -0.593. The number of ether oxygens (including phenoxy) is 1. The number of hydrogen-bond donors (Lipinski definition) is 0. The van der Waals surface area contributed by atoms with Gasteiger partial charge in [0.2, 0.25) is 0 Å². The number of sulfone groups is 1. The molecule has 0 fully saturated rings. The molecule has 0 amide bonds. The molecular weight excluding hydrogens is 364 g/mol. The average Bonchev–Trinajstić information content (AvgIpc) is 2.14. The molecule has 0 saturated heterocycles. The summed E-state index contributed by atoms with van der Waals surface area (Å²) in [6.07, 6.45) is 1.07. The summed E-state index contributed by atoms with van der Waals surface area (Å²) in [6, 6.07) is 2.78. The summed E-state index contributed by atoms with van der Waals surface area (Å²) in [6.45, 7) is 0. The summed E-state index contributed by atoms with van der Waals surface area (Å²) < 4.78 is 28.3. The minimum atomic E-state index is -3.39. The van der Waals surface area contributed by atoms with Crippen LogP contribution in [-0.2, 0) is 14.6 Å². The highest BCUT2D eigenvalue weighted by Crippen LogP contribution is 2.29. The number of hydrogen-bond acceptors (Lipinski definition) is 4. The molecule has 1 aromatic rings. The first-order valence-corrected chi connectivity index (χ1v) is 7.52. The van der Waals surface area contributed by atoms with Crippen LogP contribution < -0.4 is 0 Å². The molecule has 0 bridgehead atoms. The molecule has 7 heteroatoms. The van der Waals surface area contributed by atoms with Gasteiger partial charge in [-0.15, -0.1) is 0 Å². The molecule has 0 saturated carbocycles. The van der Waals surface area contributed by atoms with Crippen LogP contribution >= 0.6 is 31.9 Å². The fourth-order valence-electron chi connectivity index (χ4n) is 1.08. The molecule has 0 aliphatic carbocycles. The van der Waals surface area contributed by atoms with Gasteiger partial charge in [0.05, 0.1) is 17.6 Å². The molecule has 0 heterocycles. The molecule has 4 nitrogen and oxygen atoms in total. The van der Waals surface area contributed by atoms with Gasteiger partial charge in [-0.1, -0.05) is 0 Å². The fraction of sp³-hybridized carbons (Fsp3) is 0.222. The van der Waals surface area contributed by atoms with Gasteiger partial charge in [0, 0.05) is 15.2 Å². The second-order valence-corrected chi connectivity index (χ2v) is 6.72. The molecule has 0 spiro atoms. The van der Waals surface area contributed by atoms with Gasteiger partial charge < -0.3 is 4.74 Å². The number of esters is 1. The lowest BCUT2D eigenvalue weighted by molar-refractivity contribution is 0.0599. The Hall–Kier alpha value is -0.400. The monoisotopic (exact) mass is 370 g/mol. The van der Waals surface area contributed by atoms with Gasteiger partial charge in [0.15, 0.2) is 9.84 Å². The topological polar surface area (TPSA) is 60.4 Å². The van der Waals surface area contributed by atoms with E-state index in [0.717, 1.165) is 6.26 Å². The Kier molecular flexibility index (Phi) is 4.14. The van der Waals surface area contributed by atoms with Gasteiger partial charge in [0.1, 0.15) is 0 Å². The van der Waals surface area contributed by atoms with Crippen LogP contribution in [0.4, 0.5) is 0 Å². The second kappa shape index (κ2) is 4.85. The zero-order valence-electron chi connectivity index (χ0n) is 8.45. The molecule has 0 aliphatic rings. The molecule has 16 heavy (non-hydrogen) atoms. The molecule has 0 radical (unpaired) electrons. The Labute approximate surface area is 110 Å². The van der Waals surface area contributed by atoms with Crippen LogP contribution in [0.25, 0.3) is 0 Å². The molecule has 0 atom stereocenters. The fourth-order valence-corrected chi connectivity index (χ4v) is 3.86. The van der Waals surface area contributed by atoms with E-state index in [9.17, 15) is 13.2 Å². The van der Waals surface area contributed by atoms with Crippen molar-refractivity contribution >= 4 is 47.7 Å². The minimum absolute atomic E-state index is 0.0519. The van der Waals surface area contributed by atoms with E-state index in [-0.39, 0.29) is 10.5 Å². The maximum absolute atomic E-state index is 11.4. The Balaban J connectivity index is 3.51. The first-order chi connectivity index (χ1) is 7.27. The van der Waals surface area contributed by atoms with E-state index >= 15 is 0 Å². The van der Waals surface area contributed by atoms with Crippen molar-refractivity contribution in [1.82, 2.24) is 0 Å². The van der Waals surface area contributed by atoms with Crippen molar-refractivity contribution in [3.8, 4) is 0 Å². The normalized spacial score (nSPS) is 11.2. The third-order valence-corrected chi connectivity index (χ3v) is 4.54. The Morgan fingerprint density at radius 1 is 1.25 bits per heavy atom. The molecule has 0 aliphatic heterocycles. The van der Waals surface area contributed by atoms with Crippen molar-refractivity contribution in [3.05, 3.63) is 26.6 Å². The summed E-state index contributed by atoms with van der Waals surface area (Å²) in [7, 11) is -2.16. The smallest absolute Gasteiger partial charge is 0.339 e. The Bertz CT molecular complexity index is 537. The molecule has 88 valence electrons. The maximum Gasteiger partial charge on any atom is 0.339 e. The first-order valence-electron chi connectivity index (χ1n) is 4.04. The van der Waals surface area contributed by atoms with Gasteiger partial charge in [-0.05, 0) is 44.0 Å². The zero-order chi connectivity index (χ0) is 12.5. The van der Waals surface area contributed by atoms with Crippen LogP contribution in [0, 0.1) is 0 Å².